The van der Waals surface area contributed by atoms with Crippen LogP contribution in [0, 0.1) is 5.92 Å². The van der Waals surface area contributed by atoms with Gasteiger partial charge in [0.05, 0.1) is 28.9 Å². The minimum Gasteiger partial charge on any atom is -0.466 e. The zero-order valence-electron chi connectivity index (χ0n) is 15.8. The molecule has 1 aromatic carbocycles. The Morgan fingerprint density at radius 2 is 1.92 bits per heavy atom. The molecular formula is C19H27ClN2O4. The fraction of sp³-hybridized carbons (Fsp3) is 0.579. The maximum absolute atomic E-state index is 12.0. The molecule has 26 heavy (non-hydrogen) atoms. The Labute approximate surface area is 159 Å². The number of hydrogen-bond acceptors (Lipinski definition) is 5. The van der Waals surface area contributed by atoms with Crippen molar-refractivity contribution in [2.75, 3.05) is 29.9 Å². The lowest BCUT2D eigenvalue weighted by atomic mass is 9.96. The van der Waals surface area contributed by atoms with Gasteiger partial charge in [-0.3, -0.25) is 10.1 Å². The highest BCUT2D eigenvalue weighted by Gasteiger charge is 2.27. The van der Waals surface area contributed by atoms with E-state index in [1.807, 2.05) is 19.1 Å². The minimum absolute atomic E-state index is 0.0620. The van der Waals surface area contributed by atoms with E-state index >= 15 is 0 Å². The number of piperidine rings is 1. The van der Waals surface area contributed by atoms with Crippen molar-refractivity contribution in [2.45, 2.75) is 46.1 Å². The molecule has 1 aliphatic rings. The monoisotopic (exact) mass is 382 g/mol. The highest BCUT2D eigenvalue weighted by molar-refractivity contribution is 6.36. The van der Waals surface area contributed by atoms with Crippen LogP contribution in [0.3, 0.4) is 0 Å². The van der Waals surface area contributed by atoms with Crippen LogP contribution < -0.4 is 10.2 Å². The molecule has 1 N–H and O–H groups in total. The number of nitrogens with one attached hydrogen (secondary N) is 1. The van der Waals surface area contributed by atoms with Crippen molar-refractivity contribution in [3.63, 3.8) is 0 Å². The average molecular weight is 383 g/mol. The third-order valence-electron chi connectivity index (χ3n) is 4.07. The summed E-state index contributed by atoms with van der Waals surface area (Å²) in [5, 5.41) is 3.16. The SMILES string of the molecule is CCOC(=O)C1CCN(c2cccc(NC(=O)OC(C)(C)C)c2Cl)CC1. The molecular weight excluding hydrogens is 356 g/mol. The number of nitrogens with zero attached hydrogens (tertiary/aromatic N) is 1. The number of benzene rings is 1. The lowest BCUT2D eigenvalue weighted by molar-refractivity contribution is -0.148. The quantitative estimate of drug-likeness (QED) is 0.778. The van der Waals surface area contributed by atoms with E-state index in [0.717, 1.165) is 18.5 Å². The summed E-state index contributed by atoms with van der Waals surface area (Å²) in [5.74, 6) is -0.188. The fourth-order valence-corrected chi connectivity index (χ4v) is 3.18. The van der Waals surface area contributed by atoms with Crippen molar-refractivity contribution in [3.8, 4) is 0 Å². The molecule has 0 saturated carbocycles. The second-order valence-corrected chi connectivity index (χ2v) is 7.66. The van der Waals surface area contributed by atoms with Gasteiger partial charge in [0.2, 0.25) is 0 Å². The Morgan fingerprint density at radius 3 is 2.50 bits per heavy atom. The highest BCUT2D eigenvalue weighted by atomic mass is 35.5. The van der Waals surface area contributed by atoms with E-state index in [9.17, 15) is 9.59 Å². The molecule has 0 bridgehead atoms. The van der Waals surface area contributed by atoms with E-state index in [4.69, 9.17) is 21.1 Å². The van der Waals surface area contributed by atoms with Crippen LogP contribution in [-0.4, -0.2) is 37.4 Å². The Balaban J connectivity index is 2.03. The van der Waals surface area contributed by atoms with Crippen molar-refractivity contribution < 1.29 is 19.1 Å². The molecule has 1 saturated heterocycles. The summed E-state index contributed by atoms with van der Waals surface area (Å²) in [7, 11) is 0. The van der Waals surface area contributed by atoms with Gasteiger partial charge < -0.3 is 14.4 Å². The average Bonchev–Trinajstić information content (AvgIpc) is 2.55. The van der Waals surface area contributed by atoms with Crippen LogP contribution in [0.1, 0.15) is 40.5 Å². The van der Waals surface area contributed by atoms with Crippen LogP contribution in [0.2, 0.25) is 5.02 Å². The fourth-order valence-electron chi connectivity index (χ4n) is 2.89. The number of carbonyl (C=O) groups excluding carboxylic acids is 2. The number of carbonyl (C=O) groups is 2. The van der Waals surface area contributed by atoms with E-state index in [1.54, 1.807) is 26.8 Å². The second kappa shape index (κ2) is 8.62. The molecule has 1 heterocycles. The van der Waals surface area contributed by atoms with E-state index in [1.165, 1.54) is 0 Å². The third-order valence-corrected chi connectivity index (χ3v) is 4.47. The summed E-state index contributed by atoms with van der Waals surface area (Å²) in [6.07, 6.45) is 0.898. The van der Waals surface area contributed by atoms with Crippen LogP contribution in [-0.2, 0) is 14.3 Å². The zero-order valence-corrected chi connectivity index (χ0v) is 16.6. The molecule has 0 aromatic heterocycles. The van der Waals surface area contributed by atoms with Gasteiger partial charge in [-0.05, 0) is 52.7 Å². The standard InChI is InChI=1S/C19H27ClN2O4/c1-5-25-17(23)13-9-11-22(12-10-13)15-8-6-7-14(16(15)20)21-18(24)26-19(2,3)4/h6-8,13H,5,9-12H2,1-4H3,(H,21,24). The predicted octanol–water partition coefficient (Wildman–Crippen LogP) is 4.47. The van der Waals surface area contributed by atoms with Gasteiger partial charge in [0.25, 0.3) is 0 Å². The first-order valence-electron chi connectivity index (χ1n) is 8.91. The summed E-state index contributed by atoms with van der Waals surface area (Å²) >= 11 is 6.50. The Morgan fingerprint density at radius 1 is 1.27 bits per heavy atom. The molecule has 0 unspecified atom stereocenters. The van der Waals surface area contributed by atoms with E-state index < -0.39 is 11.7 Å². The van der Waals surface area contributed by atoms with Crippen LogP contribution in [0.4, 0.5) is 16.2 Å². The molecule has 7 heteroatoms. The van der Waals surface area contributed by atoms with E-state index in [0.29, 0.717) is 30.4 Å². The maximum atomic E-state index is 12.0. The Kier molecular flexibility index (Phi) is 6.75. The summed E-state index contributed by atoms with van der Waals surface area (Å²) in [4.78, 5) is 26.0. The molecule has 1 aliphatic heterocycles. The number of ether oxygens (including phenoxy) is 2. The third kappa shape index (κ3) is 5.53. The predicted molar refractivity (Wildman–Crippen MR) is 103 cm³/mol. The summed E-state index contributed by atoms with van der Waals surface area (Å²) < 4.78 is 10.4. The van der Waals surface area contributed by atoms with Gasteiger partial charge in [-0.25, -0.2) is 4.79 Å². The van der Waals surface area contributed by atoms with E-state index in [2.05, 4.69) is 10.2 Å². The van der Waals surface area contributed by atoms with Crippen molar-refractivity contribution in [3.05, 3.63) is 23.2 Å². The maximum Gasteiger partial charge on any atom is 0.412 e. The lowest BCUT2D eigenvalue weighted by Crippen LogP contribution is -2.37. The van der Waals surface area contributed by atoms with Crippen molar-refractivity contribution in [1.29, 1.82) is 0 Å². The smallest absolute Gasteiger partial charge is 0.412 e. The first-order valence-corrected chi connectivity index (χ1v) is 9.29. The number of rotatable bonds is 4. The van der Waals surface area contributed by atoms with Crippen LogP contribution in [0.25, 0.3) is 0 Å². The first kappa shape index (κ1) is 20.4. The first-order chi connectivity index (χ1) is 12.2. The van der Waals surface area contributed by atoms with Crippen LogP contribution >= 0.6 is 11.6 Å². The largest absolute Gasteiger partial charge is 0.466 e. The number of halogens is 1. The molecule has 1 fully saturated rings. The Bertz CT molecular complexity index is 649. The van der Waals surface area contributed by atoms with Crippen molar-refractivity contribution in [2.24, 2.45) is 5.92 Å². The molecule has 0 atom stereocenters. The molecule has 2 rings (SSSR count). The molecule has 144 valence electrons. The molecule has 0 radical (unpaired) electrons. The molecule has 1 amide bonds. The summed E-state index contributed by atoms with van der Waals surface area (Å²) in [5.41, 5.74) is 0.761. The summed E-state index contributed by atoms with van der Waals surface area (Å²) in [6.45, 7) is 9.05. The number of amides is 1. The van der Waals surface area contributed by atoms with Crippen molar-refractivity contribution in [1.82, 2.24) is 0 Å². The van der Waals surface area contributed by atoms with Gasteiger partial charge >= 0.3 is 12.1 Å². The van der Waals surface area contributed by atoms with Crippen LogP contribution in [0.15, 0.2) is 18.2 Å². The lowest BCUT2D eigenvalue weighted by Gasteiger charge is -2.33. The van der Waals surface area contributed by atoms with Crippen LogP contribution in [0.5, 0.6) is 0 Å². The Hall–Kier alpha value is -1.95. The van der Waals surface area contributed by atoms with Gasteiger partial charge in [-0.2, -0.15) is 0 Å². The zero-order chi connectivity index (χ0) is 19.3. The minimum atomic E-state index is -0.580. The molecule has 0 aliphatic carbocycles. The van der Waals surface area contributed by atoms with Crippen molar-refractivity contribution >= 4 is 35.0 Å². The van der Waals surface area contributed by atoms with E-state index in [-0.39, 0.29) is 11.9 Å². The van der Waals surface area contributed by atoms with Gasteiger partial charge in [0.15, 0.2) is 0 Å². The number of esters is 1. The molecule has 1 aromatic rings. The summed E-state index contributed by atoms with van der Waals surface area (Å²) in [6, 6.07) is 5.49. The number of anilines is 2. The van der Waals surface area contributed by atoms with Gasteiger partial charge in [0.1, 0.15) is 5.60 Å². The number of hydrogen-bond donors (Lipinski definition) is 1. The normalized spacial score (nSPS) is 15.5. The van der Waals surface area contributed by atoms with Gasteiger partial charge in [-0.1, -0.05) is 17.7 Å². The second-order valence-electron chi connectivity index (χ2n) is 7.28. The molecule has 6 nitrogen and oxygen atoms in total. The van der Waals surface area contributed by atoms with Gasteiger partial charge in [0, 0.05) is 13.1 Å². The highest BCUT2D eigenvalue weighted by Crippen LogP contribution is 2.35. The molecule has 0 spiro atoms. The van der Waals surface area contributed by atoms with Gasteiger partial charge in [-0.15, -0.1) is 0 Å². The topological polar surface area (TPSA) is 67.9 Å².